The van der Waals surface area contributed by atoms with Crippen molar-refractivity contribution in [2.24, 2.45) is 0 Å². The van der Waals surface area contributed by atoms with Crippen molar-refractivity contribution in [2.45, 2.75) is 12.9 Å². The van der Waals surface area contributed by atoms with Gasteiger partial charge >= 0.3 is 12.4 Å². The summed E-state index contributed by atoms with van der Waals surface area (Å²) in [6.45, 7) is 3.11. The first-order valence-electron chi connectivity index (χ1n) is 11.4. The monoisotopic (exact) mass is 513 g/mol. The molecule has 0 aliphatic carbocycles. The molecule has 2 aromatic heterocycles. The molecule has 37 heavy (non-hydrogen) atoms. The van der Waals surface area contributed by atoms with Gasteiger partial charge in [0, 0.05) is 38.9 Å². The maximum Gasteiger partial charge on any atom is 0.573 e. The summed E-state index contributed by atoms with van der Waals surface area (Å²) >= 11 is 0. The van der Waals surface area contributed by atoms with Crippen molar-refractivity contribution in [3.05, 3.63) is 72.4 Å². The fourth-order valence-electron chi connectivity index (χ4n) is 3.97. The zero-order valence-electron chi connectivity index (χ0n) is 19.4. The van der Waals surface area contributed by atoms with E-state index in [9.17, 15) is 18.0 Å². The molecule has 12 heteroatoms. The number of urea groups is 1. The number of carbonyl (C=O) groups excluding carboxylic acids is 1. The van der Waals surface area contributed by atoms with Gasteiger partial charge in [0.2, 0.25) is 0 Å². The number of alkyl halides is 3. The van der Waals surface area contributed by atoms with E-state index in [1.54, 1.807) is 29.3 Å². The molecule has 4 aromatic rings. The molecule has 1 aliphatic rings. The number of fused-ring (bicyclic) bond motifs is 1. The highest BCUT2D eigenvalue weighted by Gasteiger charge is 2.31. The van der Waals surface area contributed by atoms with Gasteiger partial charge in [-0.05, 0) is 54.1 Å². The van der Waals surface area contributed by atoms with Crippen molar-refractivity contribution in [3.63, 3.8) is 0 Å². The van der Waals surface area contributed by atoms with E-state index >= 15 is 0 Å². The number of carbonyl (C=O) groups is 1. The van der Waals surface area contributed by atoms with Gasteiger partial charge < -0.3 is 18.9 Å². The molecule has 0 unspecified atom stereocenters. The molecule has 9 nitrogen and oxygen atoms in total. The molecule has 1 aliphatic heterocycles. The van der Waals surface area contributed by atoms with Gasteiger partial charge in [0.25, 0.3) is 5.71 Å². The third kappa shape index (κ3) is 6.28. The Morgan fingerprint density at radius 1 is 0.973 bits per heavy atom. The van der Waals surface area contributed by atoms with Crippen LogP contribution in [0.2, 0.25) is 0 Å². The lowest BCUT2D eigenvalue weighted by atomic mass is 10.2. The molecule has 5 rings (SSSR count). The first kappa shape index (κ1) is 24.4. The number of hydrogen-bond donors (Lipinski definition) is 1. The number of pyridine rings is 1. The van der Waals surface area contributed by atoms with Crippen LogP contribution in [0.4, 0.5) is 23.8 Å². The maximum absolute atomic E-state index is 12.7. The molecular formula is C25H22F3N5O4. The van der Waals surface area contributed by atoms with Crippen molar-refractivity contribution >= 4 is 22.9 Å². The summed E-state index contributed by atoms with van der Waals surface area (Å²) in [4.78, 5) is 20.7. The van der Waals surface area contributed by atoms with Crippen LogP contribution in [0, 0.1) is 0 Å². The van der Waals surface area contributed by atoms with Gasteiger partial charge in [-0.2, -0.15) is 0 Å². The number of nitrogens with zero attached hydrogens (tertiary/aromatic N) is 4. The number of piperazine rings is 1. The molecule has 2 amide bonds. The fraction of sp³-hybridized carbons (Fsp3) is 0.240. The topological polar surface area (TPSA) is 93.0 Å². The lowest BCUT2D eigenvalue weighted by Crippen LogP contribution is -2.49. The van der Waals surface area contributed by atoms with Crippen molar-refractivity contribution < 1.29 is 32.0 Å². The van der Waals surface area contributed by atoms with E-state index in [-0.39, 0.29) is 11.8 Å². The number of rotatable bonds is 6. The molecule has 192 valence electrons. The van der Waals surface area contributed by atoms with Crippen molar-refractivity contribution in [1.82, 2.24) is 19.9 Å². The average Bonchev–Trinajstić information content (AvgIpc) is 3.28. The summed E-state index contributed by atoms with van der Waals surface area (Å²) in [6.07, 6.45) is -3.15. The average molecular weight is 513 g/mol. The lowest BCUT2D eigenvalue weighted by Gasteiger charge is -2.34. The van der Waals surface area contributed by atoms with Crippen LogP contribution in [0.1, 0.15) is 5.56 Å². The molecule has 0 atom stereocenters. The number of benzene rings is 2. The molecule has 0 bridgehead atoms. The van der Waals surface area contributed by atoms with E-state index in [4.69, 9.17) is 9.26 Å². The van der Waals surface area contributed by atoms with Crippen LogP contribution in [0.25, 0.3) is 11.1 Å². The molecule has 1 N–H and O–H groups in total. The summed E-state index contributed by atoms with van der Waals surface area (Å²) in [5.74, 6) is 0.985. The molecule has 3 heterocycles. The van der Waals surface area contributed by atoms with Gasteiger partial charge in [0.15, 0.2) is 5.82 Å². The quantitative estimate of drug-likeness (QED) is 0.376. The Hall–Kier alpha value is -4.32. The Balaban J connectivity index is 1.12. The maximum atomic E-state index is 12.7. The molecular weight excluding hydrogens is 491 g/mol. The van der Waals surface area contributed by atoms with Crippen LogP contribution >= 0.6 is 0 Å². The number of halogens is 3. The van der Waals surface area contributed by atoms with Crippen LogP contribution in [0.15, 0.2) is 71.4 Å². The predicted molar refractivity (Wildman–Crippen MR) is 127 cm³/mol. The second-order valence-electron chi connectivity index (χ2n) is 8.35. The fourth-order valence-corrected chi connectivity index (χ4v) is 3.97. The van der Waals surface area contributed by atoms with Gasteiger partial charge in [-0.25, -0.2) is 9.78 Å². The van der Waals surface area contributed by atoms with Gasteiger partial charge in [0.1, 0.15) is 17.2 Å². The van der Waals surface area contributed by atoms with E-state index in [0.29, 0.717) is 61.1 Å². The van der Waals surface area contributed by atoms with Gasteiger partial charge in [-0.3, -0.25) is 10.2 Å². The molecule has 1 fully saturated rings. The largest absolute Gasteiger partial charge is 0.573 e. The van der Waals surface area contributed by atoms with E-state index in [2.05, 4.69) is 25.1 Å². The lowest BCUT2D eigenvalue weighted by molar-refractivity contribution is -0.274. The number of aromatic nitrogens is 2. The highest BCUT2D eigenvalue weighted by atomic mass is 19.4. The van der Waals surface area contributed by atoms with Crippen molar-refractivity contribution in [2.75, 3.05) is 31.5 Å². The molecule has 2 aromatic carbocycles. The number of anilines is 1. The summed E-state index contributed by atoms with van der Waals surface area (Å²) < 4.78 is 51.8. The molecule has 0 radical (unpaired) electrons. The normalized spacial score (nSPS) is 14.5. The standard InChI is InChI=1S/C25H22F3N5O4/c26-25(27,28)36-19-8-6-18(7-9-19)35-20-4-1-3-17(15-20)16-32-11-13-33(14-12-32)24(34)30-22-21-5-2-10-29-23(21)37-31-22/h1-10,15H,11-14,16H2,(H,30,31,34). The SMILES string of the molecule is O=C(Nc1noc2ncccc12)N1CCN(Cc2cccc(Oc3ccc(OC(F)(F)F)cc3)c2)CC1. The van der Waals surface area contributed by atoms with Crippen LogP contribution in [0.5, 0.6) is 17.2 Å². The highest BCUT2D eigenvalue weighted by molar-refractivity contribution is 5.97. The Morgan fingerprint density at radius 3 is 2.49 bits per heavy atom. The first-order valence-corrected chi connectivity index (χ1v) is 11.4. The second kappa shape index (κ2) is 10.3. The summed E-state index contributed by atoms with van der Waals surface area (Å²) in [7, 11) is 0. The number of hydrogen-bond acceptors (Lipinski definition) is 7. The van der Waals surface area contributed by atoms with E-state index < -0.39 is 6.36 Å². The van der Waals surface area contributed by atoms with Crippen LogP contribution in [-0.4, -0.2) is 58.5 Å². The zero-order chi connectivity index (χ0) is 25.8. The van der Waals surface area contributed by atoms with Crippen LogP contribution < -0.4 is 14.8 Å². The number of amides is 2. The third-order valence-electron chi connectivity index (χ3n) is 5.73. The Kier molecular flexibility index (Phi) is 6.82. The van der Waals surface area contributed by atoms with Gasteiger partial charge in [0.05, 0.1) is 5.39 Å². The zero-order valence-corrected chi connectivity index (χ0v) is 19.4. The summed E-state index contributed by atoms with van der Waals surface area (Å²) in [6, 6.07) is 16.0. The summed E-state index contributed by atoms with van der Waals surface area (Å²) in [5.41, 5.74) is 1.37. The first-order chi connectivity index (χ1) is 17.8. The Morgan fingerprint density at radius 2 is 1.73 bits per heavy atom. The minimum atomic E-state index is -4.74. The van der Waals surface area contributed by atoms with E-state index in [0.717, 1.165) is 5.56 Å². The van der Waals surface area contributed by atoms with Crippen LogP contribution in [-0.2, 0) is 6.54 Å². The number of nitrogens with one attached hydrogen (secondary N) is 1. The van der Waals surface area contributed by atoms with Gasteiger partial charge in [-0.1, -0.05) is 17.3 Å². The third-order valence-corrected chi connectivity index (χ3v) is 5.73. The van der Waals surface area contributed by atoms with Gasteiger partial charge in [-0.15, -0.1) is 13.2 Å². The molecule has 0 saturated carbocycles. The number of ether oxygens (including phenoxy) is 2. The Bertz CT molecular complexity index is 1370. The highest BCUT2D eigenvalue weighted by Crippen LogP contribution is 2.28. The van der Waals surface area contributed by atoms with Crippen molar-refractivity contribution in [3.8, 4) is 17.2 Å². The minimum Gasteiger partial charge on any atom is -0.457 e. The summed E-state index contributed by atoms with van der Waals surface area (Å²) in [5, 5.41) is 7.32. The van der Waals surface area contributed by atoms with E-state index in [1.165, 1.54) is 24.3 Å². The molecule has 0 spiro atoms. The smallest absolute Gasteiger partial charge is 0.457 e. The Labute approximate surface area is 209 Å². The molecule has 1 saturated heterocycles. The van der Waals surface area contributed by atoms with Crippen LogP contribution in [0.3, 0.4) is 0 Å². The van der Waals surface area contributed by atoms with Crippen molar-refractivity contribution in [1.29, 1.82) is 0 Å². The second-order valence-corrected chi connectivity index (χ2v) is 8.35. The minimum absolute atomic E-state index is 0.249. The predicted octanol–water partition coefficient (Wildman–Crippen LogP) is 5.26. The van der Waals surface area contributed by atoms with E-state index in [1.807, 2.05) is 18.2 Å².